The van der Waals surface area contributed by atoms with Crippen LogP contribution in [0.3, 0.4) is 0 Å². The summed E-state index contributed by atoms with van der Waals surface area (Å²) in [5.74, 6) is 0.287. The minimum absolute atomic E-state index is 0.142. The molecule has 1 fully saturated rings. The first-order valence-electron chi connectivity index (χ1n) is 9.19. The molecule has 3 N–H and O–H groups in total. The minimum Gasteiger partial charge on any atom is -0.480 e. The minimum atomic E-state index is -0.943. The number of nitrogens with one attached hydrogen (secondary N) is 2. The second-order valence-electron chi connectivity index (χ2n) is 6.86. The van der Waals surface area contributed by atoms with E-state index in [-0.39, 0.29) is 12.5 Å². The summed E-state index contributed by atoms with van der Waals surface area (Å²) in [6.07, 6.45) is 3.89. The van der Waals surface area contributed by atoms with Crippen LogP contribution in [0.5, 0.6) is 0 Å². The van der Waals surface area contributed by atoms with E-state index < -0.39 is 5.97 Å². The smallest absolute Gasteiger partial charge is 0.322 e. The maximum atomic E-state index is 12.4. The SMILES string of the molecule is O=C(O)CNc1cccc(C(=O)NCC2CCCN(Cc3ccco3)C2)c1. The summed E-state index contributed by atoms with van der Waals surface area (Å²) in [7, 11) is 0. The highest BCUT2D eigenvalue weighted by molar-refractivity contribution is 5.95. The number of hydrogen-bond donors (Lipinski definition) is 3. The predicted molar refractivity (Wildman–Crippen MR) is 102 cm³/mol. The maximum Gasteiger partial charge on any atom is 0.322 e. The third-order valence-corrected chi connectivity index (χ3v) is 4.68. The molecular weight excluding hydrogens is 346 g/mol. The summed E-state index contributed by atoms with van der Waals surface area (Å²) in [5, 5.41) is 14.5. The molecule has 1 aromatic heterocycles. The van der Waals surface area contributed by atoms with Gasteiger partial charge in [-0.1, -0.05) is 6.07 Å². The van der Waals surface area contributed by atoms with E-state index in [1.807, 2.05) is 12.1 Å². The molecule has 1 unspecified atom stereocenters. The normalized spacial score (nSPS) is 17.4. The van der Waals surface area contributed by atoms with E-state index in [1.54, 1.807) is 30.5 Å². The lowest BCUT2D eigenvalue weighted by Gasteiger charge is -2.32. The van der Waals surface area contributed by atoms with Gasteiger partial charge in [-0.05, 0) is 55.6 Å². The molecule has 0 radical (unpaired) electrons. The average Bonchev–Trinajstić information content (AvgIpc) is 3.18. The van der Waals surface area contributed by atoms with E-state index >= 15 is 0 Å². The highest BCUT2D eigenvalue weighted by Gasteiger charge is 2.21. The summed E-state index contributed by atoms with van der Waals surface area (Å²) in [5.41, 5.74) is 1.14. The van der Waals surface area contributed by atoms with Crippen molar-refractivity contribution in [2.75, 3.05) is 31.5 Å². The van der Waals surface area contributed by atoms with Crippen LogP contribution in [0.25, 0.3) is 0 Å². The highest BCUT2D eigenvalue weighted by Crippen LogP contribution is 2.18. The summed E-state index contributed by atoms with van der Waals surface area (Å²) < 4.78 is 5.42. The highest BCUT2D eigenvalue weighted by atomic mass is 16.4. The number of carbonyl (C=O) groups excluding carboxylic acids is 1. The van der Waals surface area contributed by atoms with Crippen LogP contribution < -0.4 is 10.6 Å². The van der Waals surface area contributed by atoms with Crippen LogP contribution >= 0.6 is 0 Å². The molecule has 1 saturated heterocycles. The Hall–Kier alpha value is -2.80. The number of anilines is 1. The van der Waals surface area contributed by atoms with Crippen LogP contribution in [0, 0.1) is 5.92 Å². The quantitative estimate of drug-likeness (QED) is 0.660. The van der Waals surface area contributed by atoms with Crippen molar-refractivity contribution >= 4 is 17.6 Å². The molecule has 144 valence electrons. The Morgan fingerprint density at radius 1 is 1.26 bits per heavy atom. The molecule has 1 aliphatic heterocycles. The molecule has 2 aromatic rings. The third kappa shape index (κ3) is 5.86. The summed E-state index contributed by atoms with van der Waals surface area (Å²) in [6.45, 7) is 3.22. The fourth-order valence-electron chi connectivity index (χ4n) is 3.37. The lowest BCUT2D eigenvalue weighted by molar-refractivity contribution is -0.134. The van der Waals surface area contributed by atoms with Crippen LogP contribution in [0.15, 0.2) is 47.1 Å². The van der Waals surface area contributed by atoms with Crippen molar-refractivity contribution in [1.29, 1.82) is 0 Å². The number of rotatable bonds is 8. The Kier molecular flexibility index (Phi) is 6.49. The molecular formula is C20H25N3O4. The van der Waals surface area contributed by atoms with E-state index in [1.165, 1.54) is 0 Å². The molecule has 27 heavy (non-hydrogen) atoms. The third-order valence-electron chi connectivity index (χ3n) is 4.68. The molecule has 1 atom stereocenters. The van der Waals surface area contributed by atoms with Crippen molar-refractivity contribution < 1.29 is 19.1 Å². The summed E-state index contributed by atoms with van der Waals surface area (Å²) in [6, 6.07) is 10.8. The van der Waals surface area contributed by atoms with Crippen molar-refractivity contribution in [3.05, 3.63) is 54.0 Å². The number of carboxylic acid groups (broad SMARTS) is 1. The van der Waals surface area contributed by atoms with Crippen LogP contribution in [-0.4, -0.2) is 48.1 Å². The zero-order valence-corrected chi connectivity index (χ0v) is 15.2. The molecule has 0 spiro atoms. The number of nitrogens with zero attached hydrogens (tertiary/aromatic N) is 1. The monoisotopic (exact) mass is 371 g/mol. The van der Waals surface area contributed by atoms with Crippen molar-refractivity contribution in [1.82, 2.24) is 10.2 Å². The van der Waals surface area contributed by atoms with Crippen LogP contribution in [0.2, 0.25) is 0 Å². The van der Waals surface area contributed by atoms with Gasteiger partial charge in [-0.15, -0.1) is 0 Å². The van der Waals surface area contributed by atoms with E-state index in [2.05, 4.69) is 15.5 Å². The van der Waals surface area contributed by atoms with Crippen molar-refractivity contribution in [2.45, 2.75) is 19.4 Å². The van der Waals surface area contributed by atoms with Gasteiger partial charge in [0.2, 0.25) is 0 Å². The van der Waals surface area contributed by atoms with Gasteiger partial charge < -0.3 is 20.2 Å². The van der Waals surface area contributed by atoms with Crippen LogP contribution in [-0.2, 0) is 11.3 Å². The zero-order valence-electron chi connectivity index (χ0n) is 15.2. The Morgan fingerprint density at radius 3 is 2.93 bits per heavy atom. The predicted octanol–water partition coefficient (Wildman–Crippen LogP) is 2.42. The number of furan rings is 1. The Balaban J connectivity index is 1.48. The summed E-state index contributed by atoms with van der Waals surface area (Å²) >= 11 is 0. The van der Waals surface area contributed by atoms with Gasteiger partial charge in [0.25, 0.3) is 5.91 Å². The number of carboxylic acids is 1. The molecule has 0 bridgehead atoms. The second-order valence-corrected chi connectivity index (χ2v) is 6.86. The molecule has 1 amide bonds. The molecule has 1 aromatic carbocycles. The standard InChI is InChI=1S/C20H25N3O4/c24-19(25)12-21-17-6-1-5-16(10-17)20(26)22-11-15-4-2-8-23(13-15)14-18-7-3-9-27-18/h1,3,5-7,9-10,15,21H,2,4,8,11-14H2,(H,22,26)(H,24,25). The lowest BCUT2D eigenvalue weighted by atomic mass is 9.97. The van der Waals surface area contributed by atoms with Gasteiger partial charge in [-0.25, -0.2) is 0 Å². The fourth-order valence-corrected chi connectivity index (χ4v) is 3.37. The van der Waals surface area contributed by atoms with E-state index in [0.29, 0.717) is 23.7 Å². The Labute approximate surface area is 158 Å². The van der Waals surface area contributed by atoms with E-state index in [4.69, 9.17) is 9.52 Å². The van der Waals surface area contributed by atoms with Crippen LogP contribution in [0.4, 0.5) is 5.69 Å². The number of carbonyl (C=O) groups is 2. The molecule has 0 saturated carbocycles. The maximum absolute atomic E-state index is 12.4. The topological polar surface area (TPSA) is 94.8 Å². The van der Waals surface area contributed by atoms with Gasteiger partial charge in [-0.3, -0.25) is 14.5 Å². The molecule has 1 aliphatic rings. The molecule has 7 heteroatoms. The number of aliphatic carboxylic acids is 1. The average molecular weight is 371 g/mol. The molecule has 3 rings (SSSR count). The molecule has 2 heterocycles. The van der Waals surface area contributed by atoms with E-state index in [0.717, 1.165) is 38.2 Å². The van der Waals surface area contributed by atoms with Gasteiger partial charge in [-0.2, -0.15) is 0 Å². The second kappa shape index (κ2) is 9.23. The number of amides is 1. The number of piperidine rings is 1. The largest absolute Gasteiger partial charge is 0.480 e. The zero-order chi connectivity index (χ0) is 19.1. The number of benzene rings is 1. The van der Waals surface area contributed by atoms with E-state index in [9.17, 15) is 9.59 Å². The van der Waals surface area contributed by atoms with Gasteiger partial charge in [0.15, 0.2) is 0 Å². The summed E-state index contributed by atoms with van der Waals surface area (Å²) in [4.78, 5) is 25.4. The van der Waals surface area contributed by atoms with Gasteiger partial charge in [0.05, 0.1) is 12.8 Å². The van der Waals surface area contributed by atoms with Gasteiger partial charge in [0.1, 0.15) is 12.3 Å². The van der Waals surface area contributed by atoms with Crippen LogP contribution in [0.1, 0.15) is 29.0 Å². The number of hydrogen-bond acceptors (Lipinski definition) is 5. The molecule has 7 nitrogen and oxygen atoms in total. The van der Waals surface area contributed by atoms with Gasteiger partial charge in [0, 0.05) is 24.3 Å². The van der Waals surface area contributed by atoms with Crippen molar-refractivity contribution in [3.8, 4) is 0 Å². The Morgan fingerprint density at radius 2 is 2.15 bits per heavy atom. The van der Waals surface area contributed by atoms with Crippen molar-refractivity contribution in [3.63, 3.8) is 0 Å². The van der Waals surface area contributed by atoms with Gasteiger partial charge >= 0.3 is 5.97 Å². The number of likely N-dealkylation sites (tertiary alicyclic amines) is 1. The lowest BCUT2D eigenvalue weighted by Crippen LogP contribution is -2.40. The first kappa shape index (κ1) is 19.0. The first-order chi connectivity index (χ1) is 13.1. The van der Waals surface area contributed by atoms with Crippen molar-refractivity contribution in [2.24, 2.45) is 5.92 Å². The fraction of sp³-hybridized carbons (Fsp3) is 0.400. The Bertz CT molecular complexity index is 760. The molecule has 0 aliphatic carbocycles. The first-order valence-corrected chi connectivity index (χ1v) is 9.19.